The van der Waals surface area contributed by atoms with Crippen LogP contribution in [0.4, 0.5) is 4.79 Å². The molecule has 5 amide bonds. The van der Waals surface area contributed by atoms with Crippen LogP contribution in [-0.2, 0) is 35.1 Å². The van der Waals surface area contributed by atoms with Gasteiger partial charge in [0.1, 0.15) is 23.7 Å². The zero-order valence-corrected chi connectivity index (χ0v) is 35.6. The van der Waals surface area contributed by atoms with E-state index in [1.54, 1.807) is 53.7 Å². The van der Waals surface area contributed by atoms with Crippen LogP contribution in [-0.4, -0.2) is 89.9 Å². The average molecular weight is 811 g/mol. The van der Waals surface area contributed by atoms with E-state index >= 15 is 0 Å². The quantitative estimate of drug-likeness (QED) is 0.0607. The van der Waals surface area contributed by atoms with Crippen molar-refractivity contribution in [2.75, 3.05) is 13.2 Å². The second kappa shape index (κ2) is 24.0. The molecule has 58 heavy (non-hydrogen) atoms. The predicted molar refractivity (Wildman–Crippen MR) is 223 cm³/mol. The van der Waals surface area contributed by atoms with Crippen molar-refractivity contribution in [2.45, 2.75) is 137 Å². The van der Waals surface area contributed by atoms with Gasteiger partial charge in [0.15, 0.2) is 6.17 Å². The number of carboxylic acids is 1. The van der Waals surface area contributed by atoms with Crippen LogP contribution in [0.5, 0.6) is 0 Å². The minimum Gasteiger partial charge on any atom is -0.480 e. The Kier molecular flexibility index (Phi) is 20.4. The molecule has 0 aliphatic carbocycles. The molecule has 0 saturated carbocycles. The van der Waals surface area contributed by atoms with Gasteiger partial charge in [-0.2, -0.15) is 0 Å². The van der Waals surface area contributed by atoms with Crippen LogP contribution < -0.4 is 32.3 Å². The molecule has 0 bridgehead atoms. The molecular weight excluding hydrogens is 745 g/mol. The highest BCUT2D eigenvalue weighted by molar-refractivity contribution is 5.99. The van der Waals surface area contributed by atoms with E-state index in [4.69, 9.17) is 15.2 Å². The minimum atomic E-state index is -1.65. The molecule has 0 aromatic heterocycles. The lowest BCUT2D eigenvalue weighted by atomic mass is 10.0. The van der Waals surface area contributed by atoms with E-state index in [9.17, 15) is 33.9 Å². The number of aliphatic carboxylic acids is 1. The number of hydrogen-bond donors (Lipinski definition) is 7. The van der Waals surface area contributed by atoms with Crippen LogP contribution in [0.2, 0.25) is 0 Å². The Balaban J connectivity index is 2.29. The lowest BCUT2D eigenvalue weighted by Crippen LogP contribution is -2.62. The van der Waals surface area contributed by atoms with Crippen molar-refractivity contribution in [3.8, 4) is 11.1 Å². The maximum atomic E-state index is 14.0. The van der Waals surface area contributed by atoms with Gasteiger partial charge in [-0.15, -0.1) is 0 Å². The van der Waals surface area contributed by atoms with Crippen molar-refractivity contribution < 1.29 is 43.3 Å². The fraction of sp³-hybridized carbons (Fsp3) is 0.581. The number of amides is 5. The molecule has 2 aromatic carbocycles. The normalized spacial score (nSPS) is 14.1. The number of carbonyl (C=O) groups excluding carboxylic acids is 5. The molecular formula is C43H66N6O9. The fourth-order valence-corrected chi connectivity index (χ4v) is 5.70. The number of ether oxygens (including phenoxy) is 2. The van der Waals surface area contributed by atoms with Gasteiger partial charge in [-0.05, 0) is 100 Å². The third kappa shape index (κ3) is 17.6. The van der Waals surface area contributed by atoms with Gasteiger partial charge in [-0.3, -0.25) is 19.2 Å². The van der Waals surface area contributed by atoms with Crippen molar-refractivity contribution in [2.24, 2.45) is 17.6 Å². The monoisotopic (exact) mass is 810 g/mol. The lowest BCUT2D eigenvalue weighted by Gasteiger charge is -2.29. The van der Waals surface area contributed by atoms with Crippen LogP contribution >= 0.6 is 0 Å². The Hall–Kier alpha value is -5.02. The standard InChI is InChI=1S/C43H66N6O9/c1-10-11-14-29-16-18-30(19-17-29)31-20-22-32(23-21-31)37(50)46-33(15-12-13-24-45-42(56)58-43(7,8)9)38(51)48-35(28(6)57-25-26(2)3)39(52)49-36(44)40(53)47-34(27(4)5)41(54)55/h16-23,26-28,33-36H,10-15,24-25,44H2,1-9H3,(H,45,56)(H,46,50)(H,47,53)(H,48,51)(H,49,52)(H,54,55)/t28-,33+,34+,35+,36-/m1/s1. The summed E-state index contributed by atoms with van der Waals surface area (Å²) in [7, 11) is 0. The molecule has 5 atom stereocenters. The van der Waals surface area contributed by atoms with Crippen molar-refractivity contribution in [3.63, 3.8) is 0 Å². The molecule has 322 valence electrons. The molecule has 8 N–H and O–H groups in total. The number of carbonyl (C=O) groups is 6. The molecule has 0 heterocycles. The molecule has 15 nitrogen and oxygen atoms in total. The second-order valence-electron chi connectivity index (χ2n) is 16.3. The highest BCUT2D eigenvalue weighted by Gasteiger charge is 2.34. The van der Waals surface area contributed by atoms with E-state index in [-0.39, 0.29) is 25.5 Å². The maximum absolute atomic E-state index is 14.0. The Morgan fingerprint density at radius 3 is 1.86 bits per heavy atom. The highest BCUT2D eigenvalue weighted by Crippen LogP contribution is 2.21. The second-order valence-corrected chi connectivity index (χ2v) is 16.3. The number of benzene rings is 2. The van der Waals surface area contributed by atoms with Gasteiger partial charge in [-0.1, -0.05) is 77.4 Å². The number of unbranched alkanes of at least 4 members (excludes halogenated alkanes) is 2. The van der Waals surface area contributed by atoms with Crippen LogP contribution in [0.15, 0.2) is 48.5 Å². The summed E-state index contributed by atoms with van der Waals surface area (Å²) in [6.45, 7) is 16.5. The lowest BCUT2D eigenvalue weighted by molar-refractivity contribution is -0.143. The topological polar surface area (TPSA) is 227 Å². The van der Waals surface area contributed by atoms with E-state index in [1.165, 1.54) is 5.56 Å². The third-order valence-electron chi connectivity index (χ3n) is 9.02. The van der Waals surface area contributed by atoms with Crippen LogP contribution in [0.1, 0.15) is 110 Å². The summed E-state index contributed by atoms with van der Waals surface area (Å²) in [6.07, 6.45) is 1.08. The zero-order valence-electron chi connectivity index (χ0n) is 35.6. The Morgan fingerprint density at radius 2 is 1.33 bits per heavy atom. The summed E-state index contributed by atoms with van der Waals surface area (Å²) in [6, 6.07) is 11.6. The first-order valence-corrected chi connectivity index (χ1v) is 20.2. The molecule has 2 aromatic rings. The molecule has 0 spiro atoms. The number of carboxylic acid groups (broad SMARTS) is 1. The van der Waals surface area contributed by atoms with Crippen LogP contribution in [0.25, 0.3) is 11.1 Å². The van der Waals surface area contributed by atoms with Gasteiger partial charge >= 0.3 is 12.1 Å². The van der Waals surface area contributed by atoms with E-state index in [1.807, 2.05) is 38.1 Å². The van der Waals surface area contributed by atoms with Crippen molar-refractivity contribution in [1.82, 2.24) is 26.6 Å². The summed E-state index contributed by atoms with van der Waals surface area (Å²) < 4.78 is 11.2. The first-order chi connectivity index (χ1) is 27.2. The zero-order chi connectivity index (χ0) is 43.6. The molecule has 0 saturated heterocycles. The highest BCUT2D eigenvalue weighted by atomic mass is 16.6. The Morgan fingerprint density at radius 1 is 0.741 bits per heavy atom. The van der Waals surface area contributed by atoms with Crippen LogP contribution in [0, 0.1) is 11.8 Å². The summed E-state index contributed by atoms with van der Waals surface area (Å²) in [5.74, 6) is -4.66. The van der Waals surface area contributed by atoms with Crippen molar-refractivity contribution in [3.05, 3.63) is 59.7 Å². The molecule has 15 heteroatoms. The molecule has 0 aliphatic heterocycles. The fourth-order valence-electron chi connectivity index (χ4n) is 5.70. The largest absolute Gasteiger partial charge is 0.480 e. The smallest absolute Gasteiger partial charge is 0.407 e. The van der Waals surface area contributed by atoms with Gasteiger partial charge < -0.3 is 46.9 Å². The van der Waals surface area contributed by atoms with Gasteiger partial charge in [0.25, 0.3) is 11.8 Å². The van der Waals surface area contributed by atoms with Crippen molar-refractivity contribution in [1.29, 1.82) is 0 Å². The van der Waals surface area contributed by atoms with Gasteiger partial charge in [0.05, 0.1) is 6.10 Å². The maximum Gasteiger partial charge on any atom is 0.407 e. The van der Waals surface area contributed by atoms with E-state index in [0.29, 0.717) is 18.4 Å². The summed E-state index contributed by atoms with van der Waals surface area (Å²) >= 11 is 0. The first kappa shape index (κ1) is 49.1. The number of alkyl carbamates (subject to hydrolysis) is 1. The summed E-state index contributed by atoms with van der Waals surface area (Å²) in [4.78, 5) is 77.9. The molecule has 0 aliphatic rings. The van der Waals surface area contributed by atoms with E-state index in [0.717, 1.165) is 30.4 Å². The SMILES string of the molecule is CCCCc1ccc(-c2ccc(C(=O)N[C@@H](CCCCNC(=O)OC(C)(C)C)C(=O)N[C@H](C(=O)N[C@@H](N)C(=O)N[C@H](C(=O)O)C(C)C)[C@@H](C)OCC(C)C)cc2)cc1. The van der Waals surface area contributed by atoms with Gasteiger partial charge in [-0.25, -0.2) is 9.59 Å². The number of aryl methyl sites for hydroxylation is 1. The molecule has 2 rings (SSSR count). The van der Waals surface area contributed by atoms with Crippen LogP contribution in [0.3, 0.4) is 0 Å². The van der Waals surface area contributed by atoms with Gasteiger partial charge in [0.2, 0.25) is 11.8 Å². The summed E-state index contributed by atoms with van der Waals surface area (Å²) in [5, 5.41) is 22.3. The molecule has 0 unspecified atom stereocenters. The number of nitrogens with two attached hydrogens (primary N) is 1. The Labute approximate surface area is 343 Å². The van der Waals surface area contributed by atoms with Gasteiger partial charge in [0, 0.05) is 18.7 Å². The molecule has 0 radical (unpaired) electrons. The first-order valence-electron chi connectivity index (χ1n) is 20.2. The van der Waals surface area contributed by atoms with Crippen molar-refractivity contribution >= 4 is 35.7 Å². The van der Waals surface area contributed by atoms with E-state index < -0.39 is 77.6 Å². The third-order valence-corrected chi connectivity index (χ3v) is 9.02. The predicted octanol–water partition coefficient (Wildman–Crippen LogP) is 4.66. The summed E-state index contributed by atoms with van der Waals surface area (Å²) in [5.41, 5.74) is 8.81. The Bertz CT molecular complexity index is 1640. The number of rotatable bonds is 23. The molecule has 0 fully saturated rings. The number of hydrogen-bond acceptors (Lipinski definition) is 9. The average Bonchev–Trinajstić information content (AvgIpc) is 3.15. The number of nitrogens with one attached hydrogen (secondary N) is 5. The van der Waals surface area contributed by atoms with E-state index in [2.05, 4.69) is 45.6 Å². The minimum absolute atomic E-state index is 0.0803.